The van der Waals surface area contributed by atoms with Gasteiger partial charge in [0.05, 0.1) is 9.79 Å². The second kappa shape index (κ2) is 8.18. The zero-order valence-electron chi connectivity index (χ0n) is 15.8. The van der Waals surface area contributed by atoms with Crippen molar-refractivity contribution >= 4 is 31.7 Å². The average molecular weight is 433 g/mol. The standard InChI is InChI=1S/C19H20N4O4S2/c1-14(2)15-4-8-17(9-5-15)28(24,25)22-16-6-10-18(11-7-16)29(26,27)23-19-20-12-3-13-21-19/h3-14,22H,1-2H3,(H,20,21,23). The van der Waals surface area contributed by atoms with E-state index in [1.165, 1.54) is 36.7 Å². The van der Waals surface area contributed by atoms with Crippen LogP contribution in [0, 0.1) is 0 Å². The van der Waals surface area contributed by atoms with Crippen LogP contribution in [0.25, 0.3) is 0 Å². The summed E-state index contributed by atoms with van der Waals surface area (Å²) in [6.45, 7) is 4.05. The number of benzene rings is 2. The van der Waals surface area contributed by atoms with Crippen LogP contribution in [0.1, 0.15) is 25.3 Å². The third kappa shape index (κ3) is 5.09. The molecule has 0 aliphatic rings. The van der Waals surface area contributed by atoms with Gasteiger partial charge in [0.15, 0.2) is 0 Å². The van der Waals surface area contributed by atoms with Crippen LogP contribution in [0.15, 0.2) is 76.8 Å². The molecule has 0 amide bonds. The van der Waals surface area contributed by atoms with Crippen LogP contribution in [-0.4, -0.2) is 26.8 Å². The fourth-order valence-electron chi connectivity index (χ4n) is 2.48. The van der Waals surface area contributed by atoms with Gasteiger partial charge in [-0.3, -0.25) is 4.72 Å². The van der Waals surface area contributed by atoms with Crippen molar-refractivity contribution in [3.63, 3.8) is 0 Å². The molecule has 0 saturated carbocycles. The number of aromatic nitrogens is 2. The summed E-state index contributed by atoms with van der Waals surface area (Å²) in [5, 5.41) is 0. The summed E-state index contributed by atoms with van der Waals surface area (Å²) < 4.78 is 54.5. The number of sulfonamides is 2. The molecule has 8 nitrogen and oxygen atoms in total. The van der Waals surface area contributed by atoms with Crippen molar-refractivity contribution in [1.29, 1.82) is 0 Å². The summed E-state index contributed by atoms with van der Waals surface area (Å²) >= 11 is 0. The average Bonchev–Trinajstić information content (AvgIpc) is 2.68. The first-order valence-corrected chi connectivity index (χ1v) is 11.7. The minimum Gasteiger partial charge on any atom is -0.280 e. The number of anilines is 2. The predicted molar refractivity (Wildman–Crippen MR) is 111 cm³/mol. The fraction of sp³-hybridized carbons (Fsp3) is 0.158. The Labute approximate surface area is 170 Å². The van der Waals surface area contributed by atoms with E-state index in [1.807, 2.05) is 13.8 Å². The van der Waals surface area contributed by atoms with Gasteiger partial charge in [-0.05, 0) is 53.9 Å². The summed E-state index contributed by atoms with van der Waals surface area (Å²) in [6, 6.07) is 13.5. The van der Waals surface area contributed by atoms with Gasteiger partial charge in [0.25, 0.3) is 20.0 Å². The Morgan fingerprint density at radius 1 is 0.724 bits per heavy atom. The minimum absolute atomic E-state index is 0.0470. The highest BCUT2D eigenvalue weighted by atomic mass is 32.2. The molecule has 3 rings (SSSR count). The van der Waals surface area contributed by atoms with Crippen molar-refractivity contribution in [2.75, 3.05) is 9.44 Å². The first-order valence-electron chi connectivity index (χ1n) is 8.70. The first-order chi connectivity index (χ1) is 13.7. The normalized spacial score (nSPS) is 12.0. The van der Waals surface area contributed by atoms with E-state index in [0.29, 0.717) is 5.92 Å². The SMILES string of the molecule is CC(C)c1ccc(S(=O)(=O)Nc2ccc(S(=O)(=O)Nc3ncccn3)cc2)cc1. The Balaban J connectivity index is 1.76. The summed E-state index contributed by atoms with van der Waals surface area (Å²) in [7, 11) is -7.68. The van der Waals surface area contributed by atoms with E-state index in [-0.39, 0.29) is 21.4 Å². The largest absolute Gasteiger partial charge is 0.280 e. The van der Waals surface area contributed by atoms with Gasteiger partial charge in [0.2, 0.25) is 5.95 Å². The van der Waals surface area contributed by atoms with Crippen molar-refractivity contribution in [3.05, 3.63) is 72.6 Å². The Morgan fingerprint density at radius 3 is 1.72 bits per heavy atom. The predicted octanol–water partition coefficient (Wildman–Crippen LogP) is 3.20. The number of nitrogens with zero attached hydrogens (tertiary/aromatic N) is 2. The monoisotopic (exact) mass is 432 g/mol. The van der Waals surface area contributed by atoms with Crippen LogP contribution in [0.4, 0.5) is 11.6 Å². The van der Waals surface area contributed by atoms with Gasteiger partial charge < -0.3 is 0 Å². The van der Waals surface area contributed by atoms with E-state index in [4.69, 9.17) is 0 Å². The van der Waals surface area contributed by atoms with Gasteiger partial charge in [0.1, 0.15) is 0 Å². The zero-order chi connectivity index (χ0) is 21.1. The summed E-state index contributed by atoms with van der Waals surface area (Å²) in [5.41, 5.74) is 1.28. The van der Waals surface area contributed by atoms with Crippen molar-refractivity contribution < 1.29 is 16.8 Å². The smallest absolute Gasteiger partial charge is 0.264 e. The number of hydrogen-bond acceptors (Lipinski definition) is 6. The van der Waals surface area contributed by atoms with Gasteiger partial charge in [-0.2, -0.15) is 0 Å². The van der Waals surface area contributed by atoms with Gasteiger partial charge >= 0.3 is 0 Å². The Bertz CT molecular complexity index is 1180. The van der Waals surface area contributed by atoms with E-state index >= 15 is 0 Å². The molecule has 1 heterocycles. The van der Waals surface area contributed by atoms with Crippen LogP contribution in [0.2, 0.25) is 0 Å². The molecule has 2 N–H and O–H groups in total. The van der Waals surface area contributed by atoms with Gasteiger partial charge in [-0.15, -0.1) is 0 Å². The molecule has 0 fully saturated rings. The Kier molecular flexibility index (Phi) is 5.85. The molecule has 0 radical (unpaired) electrons. The minimum atomic E-state index is -3.89. The fourth-order valence-corrected chi connectivity index (χ4v) is 4.50. The van der Waals surface area contributed by atoms with Crippen LogP contribution in [0.5, 0.6) is 0 Å². The molecule has 152 valence electrons. The maximum Gasteiger partial charge on any atom is 0.264 e. The molecule has 0 spiro atoms. The molecule has 3 aromatic rings. The van der Waals surface area contributed by atoms with E-state index in [0.717, 1.165) is 5.56 Å². The topological polar surface area (TPSA) is 118 Å². The van der Waals surface area contributed by atoms with Crippen molar-refractivity contribution in [2.24, 2.45) is 0 Å². The lowest BCUT2D eigenvalue weighted by Crippen LogP contribution is -2.15. The molecule has 0 bridgehead atoms. The van der Waals surface area contributed by atoms with Crippen molar-refractivity contribution in [3.8, 4) is 0 Å². The first kappa shape index (κ1) is 20.7. The maximum atomic E-state index is 12.5. The lowest BCUT2D eigenvalue weighted by Gasteiger charge is -2.11. The van der Waals surface area contributed by atoms with Gasteiger partial charge in [-0.25, -0.2) is 31.5 Å². The van der Waals surface area contributed by atoms with Gasteiger partial charge in [-0.1, -0.05) is 26.0 Å². The molecular formula is C19H20N4O4S2. The lowest BCUT2D eigenvalue weighted by atomic mass is 10.0. The number of hydrogen-bond donors (Lipinski definition) is 2. The number of nitrogens with one attached hydrogen (secondary N) is 2. The zero-order valence-corrected chi connectivity index (χ0v) is 17.4. The quantitative estimate of drug-likeness (QED) is 0.592. The Morgan fingerprint density at radius 2 is 1.21 bits per heavy atom. The third-order valence-electron chi connectivity index (χ3n) is 4.07. The molecule has 0 aliphatic heterocycles. The Hall–Kier alpha value is -2.98. The third-order valence-corrected chi connectivity index (χ3v) is 6.81. The van der Waals surface area contributed by atoms with Crippen molar-refractivity contribution in [2.45, 2.75) is 29.6 Å². The van der Waals surface area contributed by atoms with Gasteiger partial charge in [0, 0.05) is 18.1 Å². The maximum absolute atomic E-state index is 12.5. The van der Waals surface area contributed by atoms with E-state index < -0.39 is 20.0 Å². The molecule has 0 unspecified atom stereocenters. The van der Waals surface area contributed by atoms with Crippen molar-refractivity contribution in [1.82, 2.24) is 9.97 Å². The van der Waals surface area contributed by atoms with Crippen LogP contribution >= 0.6 is 0 Å². The second-order valence-electron chi connectivity index (χ2n) is 6.53. The number of rotatable bonds is 7. The highest BCUT2D eigenvalue weighted by Crippen LogP contribution is 2.21. The van der Waals surface area contributed by atoms with Crippen LogP contribution in [0.3, 0.4) is 0 Å². The molecule has 1 aromatic heterocycles. The van der Waals surface area contributed by atoms with Crippen LogP contribution < -0.4 is 9.44 Å². The molecule has 0 saturated heterocycles. The summed E-state index contributed by atoms with van der Waals surface area (Å²) in [4.78, 5) is 7.71. The summed E-state index contributed by atoms with van der Waals surface area (Å²) in [6.07, 6.45) is 2.83. The molecule has 10 heteroatoms. The molecule has 29 heavy (non-hydrogen) atoms. The highest BCUT2D eigenvalue weighted by Gasteiger charge is 2.17. The lowest BCUT2D eigenvalue weighted by molar-refractivity contribution is 0.599. The second-order valence-corrected chi connectivity index (χ2v) is 9.90. The molecular weight excluding hydrogens is 412 g/mol. The highest BCUT2D eigenvalue weighted by molar-refractivity contribution is 7.93. The molecule has 2 aromatic carbocycles. The van der Waals surface area contributed by atoms with E-state index in [1.54, 1.807) is 30.3 Å². The molecule has 0 aliphatic carbocycles. The summed E-state index contributed by atoms with van der Waals surface area (Å²) in [5.74, 6) is 0.242. The van der Waals surface area contributed by atoms with E-state index in [9.17, 15) is 16.8 Å². The molecule has 0 atom stereocenters. The van der Waals surface area contributed by atoms with Crippen LogP contribution in [-0.2, 0) is 20.0 Å². The van der Waals surface area contributed by atoms with E-state index in [2.05, 4.69) is 19.4 Å².